The average Bonchev–Trinajstić information content (AvgIpc) is 2.11. The second kappa shape index (κ2) is 4.79. The van der Waals surface area contributed by atoms with Crippen LogP contribution in [0.5, 0.6) is 0 Å². The minimum Gasteiger partial charge on any atom is -0.330 e. The Morgan fingerprint density at radius 2 is 2.00 bits per heavy atom. The molecule has 1 aromatic carbocycles. The number of hydrogen-bond donors (Lipinski definition) is 1. The zero-order valence-electron chi connectivity index (χ0n) is 7.18. The Bertz CT molecular complexity index is 317. The zero-order valence-corrected chi connectivity index (χ0v) is 8.77. The highest BCUT2D eigenvalue weighted by molar-refractivity contribution is 9.10. The summed E-state index contributed by atoms with van der Waals surface area (Å²) in [5.41, 5.74) is 5.55. The number of benzene rings is 1. The highest BCUT2D eigenvalue weighted by Gasteiger charge is 2.21. The van der Waals surface area contributed by atoms with Crippen molar-refractivity contribution in [3.63, 3.8) is 0 Å². The molecule has 1 aromatic rings. The molecule has 1 nitrogen and oxygen atoms in total. The lowest BCUT2D eigenvalue weighted by atomic mass is 10.00. The first kappa shape index (κ1) is 11.5. The Labute approximate surface area is 88.2 Å². The molecule has 1 atom stereocenters. The molecule has 0 aliphatic rings. The number of halogens is 4. The third-order valence-corrected chi connectivity index (χ3v) is 2.54. The highest BCUT2D eigenvalue weighted by Crippen LogP contribution is 2.26. The second-order valence-electron chi connectivity index (χ2n) is 2.85. The van der Waals surface area contributed by atoms with Crippen molar-refractivity contribution in [1.29, 1.82) is 0 Å². The van der Waals surface area contributed by atoms with Gasteiger partial charge in [0.05, 0.1) is 10.4 Å². The molecule has 0 bridgehead atoms. The Morgan fingerprint density at radius 3 is 2.43 bits per heavy atom. The molecule has 0 spiro atoms. The lowest BCUT2D eigenvalue weighted by molar-refractivity contribution is 0.117. The summed E-state index contributed by atoms with van der Waals surface area (Å²) < 4.78 is 37.8. The molecule has 1 unspecified atom stereocenters. The predicted molar refractivity (Wildman–Crippen MR) is 51.9 cm³/mol. The van der Waals surface area contributed by atoms with Crippen molar-refractivity contribution in [2.75, 3.05) is 6.54 Å². The molecule has 1 rings (SSSR count). The van der Waals surface area contributed by atoms with Crippen LogP contribution >= 0.6 is 15.9 Å². The molecule has 0 heterocycles. The summed E-state index contributed by atoms with van der Waals surface area (Å²) >= 11 is 2.93. The van der Waals surface area contributed by atoms with Crippen LogP contribution < -0.4 is 5.73 Å². The molecule has 14 heavy (non-hydrogen) atoms. The maximum Gasteiger partial charge on any atom is 0.246 e. The summed E-state index contributed by atoms with van der Waals surface area (Å²) in [6.07, 6.45) is -2.53. The van der Waals surface area contributed by atoms with Gasteiger partial charge in [-0.05, 0) is 33.6 Å². The maximum absolute atomic E-state index is 12.8. The fourth-order valence-electron chi connectivity index (χ4n) is 1.13. The van der Waals surface area contributed by atoms with Crippen LogP contribution in [0.4, 0.5) is 13.2 Å². The van der Waals surface area contributed by atoms with Gasteiger partial charge in [-0.2, -0.15) is 0 Å². The van der Waals surface area contributed by atoms with Gasteiger partial charge in [0.2, 0.25) is 6.43 Å². The van der Waals surface area contributed by atoms with Gasteiger partial charge in [0, 0.05) is 6.54 Å². The van der Waals surface area contributed by atoms with Gasteiger partial charge in [-0.25, -0.2) is 13.2 Å². The van der Waals surface area contributed by atoms with E-state index in [9.17, 15) is 13.2 Å². The first-order valence-electron chi connectivity index (χ1n) is 3.99. The largest absolute Gasteiger partial charge is 0.330 e. The van der Waals surface area contributed by atoms with Crippen LogP contribution in [-0.2, 0) is 0 Å². The Morgan fingerprint density at radius 1 is 1.36 bits per heavy atom. The monoisotopic (exact) mass is 267 g/mol. The first-order valence-corrected chi connectivity index (χ1v) is 4.78. The number of nitrogens with two attached hydrogens (primary N) is 1. The van der Waals surface area contributed by atoms with Crippen molar-refractivity contribution < 1.29 is 13.2 Å². The topological polar surface area (TPSA) is 26.0 Å². The Balaban J connectivity index is 3.00. The first-order chi connectivity index (χ1) is 6.56. The summed E-state index contributed by atoms with van der Waals surface area (Å²) in [6, 6.07) is 3.80. The van der Waals surface area contributed by atoms with E-state index in [1.165, 1.54) is 12.1 Å². The minimum atomic E-state index is -2.53. The maximum atomic E-state index is 12.8. The van der Waals surface area contributed by atoms with Crippen molar-refractivity contribution in [2.45, 2.75) is 12.3 Å². The molecule has 0 amide bonds. The molecule has 0 saturated carbocycles. The van der Waals surface area contributed by atoms with Crippen molar-refractivity contribution in [2.24, 2.45) is 5.73 Å². The van der Waals surface area contributed by atoms with Crippen LogP contribution in [-0.4, -0.2) is 13.0 Å². The van der Waals surface area contributed by atoms with Crippen molar-refractivity contribution in [3.8, 4) is 0 Å². The van der Waals surface area contributed by atoms with Crippen molar-refractivity contribution in [1.82, 2.24) is 0 Å². The van der Waals surface area contributed by atoms with Gasteiger partial charge in [0.25, 0.3) is 0 Å². The van der Waals surface area contributed by atoms with E-state index < -0.39 is 18.2 Å². The molecule has 0 aliphatic carbocycles. The van der Waals surface area contributed by atoms with Gasteiger partial charge in [0.1, 0.15) is 5.82 Å². The van der Waals surface area contributed by atoms with E-state index in [0.29, 0.717) is 5.56 Å². The van der Waals surface area contributed by atoms with E-state index in [1.54, 1.807) is 0 Å². The molecule has 78 valence electrons. The van der Waals surface area contributed by atoms with E-state index in [-0.39, 0.29) is 11.0 Å². The standard InChI is InChI=1S/C9H9BrF3N/c10-7-3-5(1-2-8(7)11)6(4-14)9(12)13/h1-3,6,9H,4,14H2. The van der Waals surface area contributed by atoms with Crippen molar-refractivity contribution >= 4 is 15.9 Å². The van der Waals surface area contributed by atoms with Gasteiger partial charge >= 0.3 is 0 Å². The third kappa shape index (κ3) is 2.48. The van der Waals surface area contributed by atoms with Crippen LogP contribution in [0.3, 0.4) is 0 Å². The molecular formula is C9H9BrF3N. The molecule has 0 aromatic heterocycles. The normalized spacial score (nSPS) is 13.3. The van der Waals surface area contributed by atoms with Gasteiger partial charge in [-0.1, -0.05) is 6.07 Å². The predicted octanol–water partition coefficient (Wildman–Crippen LogP) is 2.90. The second-order valence-corrected chi connectivity index (χ2v) is 3.70. The van der Waals surface area contributed by atoms with Gasteiger partial charge in [0.15, 0.2) is 0 Å². The molecule has 0 fully saturated rings. The van der Waals surface area contributed by atoms with E-state index in [2.05, 4.69) is 15.9 Å². The molecule has 2 N–H and O–H groups in total. The molecule has 5 heteroatoms. The third-order valence-electron chi connectivity index (χ3n) is 1.93. The van der Waals surface area contributed by atoms with Crippen molar-refractivity contribution in [3.05, 3.63) is 34.1 Å². The van der Waals surface area contributed by atoms with E-state index in [4.69, 9.17) is 5.73 Å². The summed E-state index contributed by atoms with van der Waals surface area (Å²) in [6.45, 7) is -0.157. The summed E-state index contributed by atoms with van der Waals surface area (Å²) in [7, 11) is 0. The average molecular weight is 268 g/mol. The Kier molecular flexibility index (Phi) is 3.95. The molecule has 0 aliphatic heterocycles. The summed E-state index contributed by atoms with van der Waals surface area (Å²) in [4.78, 5) is 0. The SMILES string of the molecule is NCC(c1ccc(F)c(Br)c1)C(F)F. The smallest absolute Gasteiger partial charge is 0.246 e. The van der Waals surface area contributed by atoms with Crippen LogP contribution in [0.1, 0.15) is 11.5 Å². The van der Waals surface area contributed by atoms with Crippen LogP contribution in [0.25, 0.3) is 0 Å². The number of hydrogen-bond acceptors (Lipinski definition) is 1. The fourth-order valence-corrected chi connectivity index (χ4v) is 1.52. The van der Waals surface area contributed by atoms with Gasteiger partial charge < -0.3 is 5.73 Å². The summed E-state index contributed by atoms with van der Waals surface area (Å²) in [5.74, 6) is -1.51. The molecular weight excluding hydrogens is 259 g/mol. The van der Waals surface area contributed by atoms with Crippen LogP contribution in [0.15, 0.2) is 22.7 Å². The number of rotatable bonds is 3. The number of alkyl halides is 2. The fraction of sp³-hybridized carbons (Fsp3) is 0.333. The van der Waals surface area contributed by atoms with Crippen LogP contribution in [0, 0.1) is 5.82 Å². The van der Waals surface area contributed by atoms with E-state index >= 15 is 0 Å². The Hall–Kier alpha value is -0.550. The molecule has 0 radical (unpaired) electrons. The quantitative estimate of drug-likeness (QED) is 0.896. The molecule has 0 saturated heterocycles. The summed E-state index contributed by atoms with van der Waals surface area (Å²) in [5, 5.41) is 0. The van der Waals surface area contributed by atoms with Gasteiger partial charge in [-0.15, -0.1) is 0 Å². The van der Waals surface area contributed by atoms with E-state index in [1.807, 2.05) is 0 Å². The lowest BCUT2D eigenvalue weighted by Crippen LogP contribution is -2.19. The van der Waals surface area contributed by atoms with Gasteiger partial charge in [-0.3, -0.25) is 0 Å². The zero-order chi connectivity index (χ0) is 10.7. The van der Waals surface area contributed by atoms with Crippen LogP contribution in [0.2, 0.25) is 0 Å². The lowest BCUT2D eigenvalue weighted by Gasteiger charge is -2.14. The highest BCUT2D eigenvalue weighted by atomic mass is 79.9. The minimum absolute atomic E-state index is 0.157. The van der Waals surface area contributed by atoms with E-state index in [0.717, 1.165) is 6.07 Å².